The normalized spacial score (nSPS) is 14.3. The Labute approximate surface area is 118 Å². The maximum absolute atomic E-state index is 4.60. The quantitative estimate of drug-likeness (QED) is 0.839. The van der Waals surface area contributed by atoms with E-state index < -0.39 is 0 Å². The van der Waals surface area contributed by atoms with Gasteiger partial charge in [-0.15, -0.1) is 0 Å². The third-order valence-electron chi connectivity index (χ3n) is 3.42. The van der Waals surface area contributed by atoms with Gasteiger partial charge in [-0.05, 0) is 24.8 Å². The highest BCUT2D eigenvalue weighted by Crippen LogP contribution is 2.38. The minimum absolute atomic E-state index is 0.558. The van der Waals surface area contributed by atoms with Gasteiger partial charge in [-0.25, -0.2) is 9.97 Å². The van der Waals surface area contributed by atoms with E-state index in [2.05, 4.69) is 25.7 Å². The molecule has 6 nitrogen and oxygen atoms in total. The molecule has 2 aromatic rings. The number of nitrogens with zero attached hydrogens (tertiary/aromatic N) is 4. The molecule has 2 N–H and O–H groups in total. The van der Waals surface area contributed by atoms with E-state index in [1.807, 2.05) is 37.2 Å². The van der Waals surface area contributed by atoms with E-state index in [0.29, 0.717) is 5.92 Å². The number of anilines is 2. The smallest absolute Gasteiger partial charge is 0.136 e. The van der Waals surface area contributed by atoms with Crippen LogP contribution in [-0.4, -0.2) is 33.3 Å². The van der Waals surface area contributed by atoms with Crippen LogP contribution in [0.15, 0.2) is 18.5 Å². The van der Waals surface area contributed by atoms with Crippen molar-refractivity contribution < 1.29 is 0 Å². The number of aryl methyl sites for hydroxylation is 1. The molecular formula is C14H20N6. The average Bonchev–Trinajstić information content (AvgIpc) is 3.22. The Morgan fingerprint density at radius 3 is 2.75 bits per heavy atom. The van der Waals surface area contributed by atoms with Crippen molar-refractivity contribution in [2.24, 2.45) is 7.05 Å². The van der Waals surface area contributed by atoms with Gasteiger partial charge >= 0.3 is 0 Å². The Morgan fingerprint density at radius 1 is 1.30 bits per heavy atom. The van der Waals surface area contributed by atoms with Gasteiger partial charge in [-0.2, -0.15) is 5.10 Å². The lowest BCUT2D eigenvalue weighted by atomic mass is 10.2. The van der Waals surface area contributed by atoms with Crippen LogP contribution in [0.25, 0.3) is 0 Å². The van der Waals surface area contributed by atoms with Gasteiger partial charge in [-0.3, -0.25) is 4.68 Å². The number of nitrogens with one attached hydrogen (secondary N) is 2. The number of hydrogen-bond donors (Lipinski definition) is 2. The Hall–Kier alpha value is -2.11. The summed E-state index contributed by atoms with van der Waals surface area (Å²) in [6.45, 7) is 0.843. The molecule has 6 heteroatoms. The van der Waals surface area contributed by atoms with E-state index in [9.17, 15) is 0 Å². The number of rotatable bonds is 6. The van der Waals surface area contributed by atoms with Gasteiger partial charge in [0.2, 0.25) is 0 Å². The lowest BCUT2D eigenvalue weighted by molar-refractivity contribution is 0.766. The average molecular weight is 272 g/mol. The first-order valence-electron chi connectivity index (χ1n) is 7.03. The molecule has 1 aliphatic carbocycles. The summed E-state index contributed by atoms with van der Waals surface area (Å²) in [5.41, 5.74) is 1.23. The third-order valence-corrected chi connectivity index (χ3v) is 3.42. The van der Waals surface area contributed by atoms with Crippen LogP contribution in [0.5, 0.6) is 0 Å². The zero-order valence-electron chi connectivity index (χ0n) is 11.9. The number of aromatic nitrogens is 4. The lowest BCUT2D eigenvalue weighted by Crippen LogP contribution is -2.09. The molecular weight excluding hydrogens is 252 g/mol. The molecule has 0 spiro atoms. The summed E-state index contributed by atoms with van der Waals surface area (Å²) in [7, 11) is 3.82. The third kappa shape index (κ3) is 3.07. The van der Waals surface area contributed by atoms with Crippen molar-refractivity contribution in [2.75, 3.05) is 24.2 Å². The van der Waals surface area contributed by atoms with Crippen molar-refractivity contribution in [2.45, 2.75) is 25.2 Å². The van der Waals surface area contributed by atoms with E-state index in [1.165, 1.54) is 18.4 Å². The van der Waals surface area contributed by atoms with E-state index in [-0.39, 0.29) is 0 Å². The van der Waals surface area contributed by atoms with Crippen LogP contribution >= 0.6 is 0 Å². The fourth-order valence-electron chi connectivity index (χ4n) is 2.14. The van der Waals surface area contributed by atoms with Crippen LogP contribution in [0.3, 0.4) is 0 Å². The minimum Gasteiger partial charge on any atom is -0.373 e. The molecule has 0 aromatic carbocycles. The fraction of sp³-hybridized carbons (Fsp3) is 0.500. The molecule has 0 unspecified atom stereocenters. The second-order valence-corrected chi connectivity index (χ2v) is 5.22. The molecule has 1 saturated carbocycles. The first-order valence-corrected chi connectivity index (χ1v) is 7.03. The highest BCUT2D eigenvalue weighted by molar-refractivity contribution is 5.47. The van der Waals surface area contributed by atoms with Gasteiger partial charge in [0.05, 0.1) is 6.20 Å². The predicted molar refractivity (Wildman–Crippen MR) is 79.0 cm³/mol. The van der Waals surface area contributed by atoms with E-state index >= 15 is 0 Å². The van der Waals surface area contributed by atoms with E-state index in [4.69, 9.17) is 0 Å². The molecule has 3 rings (SSSR count). The van der Waals surface area contributed by atoms with Crippen molar-refractivity contribution in [1.82, 2.24) is 19.7 Å². The van der Waals surface area contributed by atoms with Crippen LogP contribution in [0.1, 0.15) is 30.1 Å². The zero-order chi connectivity index (χ0) is 13.9. The van der Waals surface area contributed by atoms with Crippen LogP contribution in [0.2, 0.25) is 0 Å². The highest BCUT2D eigenvalue weighted by Gasteiger charge is 2.27. The van der Waals surface area contributed by atoms with Crippen molar-refractivity contribution in [3.63, 3.8) is 0 Å². The van der Waals surface area contributed by atoms with Gasteiger partial charge < -0.3 is 10.6 Å². The van der Waals surface area contributed by atoms with Gasteiger partial charge in [0.1, 0.15) is 17.5 Å². The van der Waals surface area contributed by atoms with Crippen LogP contribution in [0, 0.1) is 0 Å². The minimum atomic E-state index is 0.558. The first kappa shape index (κ1) is 12.9. The molecule has 106 valence electrons. The van der Waals surface area contributed by atoms with Gasteiger partial charge in [-0.1, -0.05) is 0 Å². The zero-order valence-corrected chi connectivity index (χ0v) is 11.9. The molecule has 2 heterocycles. The lowest BCUT2D eigenvalue weighted by Gasteiger charge is -2.09. The predicted octanol–water partition coefficient (Wildman–Crippen LogP) is 1.78. The topological polar surface area (TPSA) is 67.7 Å². The monoisotopic (exact) mass is 272 g/mol. The Bertz CT molecular complexity index is 587. The van der Waals surface area contributed by atoms with Crippen LogP contribution in [0.4, 0.5) is 11.6 Å². The molecule has 0 aliphatic heterocycles. The first-order chi connectivity index (χ1) is 9.74. The van der Waals surface area contributed by atoms with Crippen molar-refractivity contribution in [3.05, 3.63) is 29.8 Å². The summed E-state index contributed by atoms with van der Waals surface area (Å²) >= 11 is 0. The SMILES string of the molecule is CNc1cc(NCCc2cnn(C)c2)nc(C2CC2)n1. The standard InChI is InChI=1S/C14H20N6/c1-15-12-7-13(19-14(18-12)11-3-4-11)16-6-5-10-8-17-20(2)9-10/h7-9,11H,3-6H2,1-2H3,(H2,15,16,18,19). The Morgan fingerprint density at radius 2 is 2.10 bits per heavy atom. The summed E-state index contributed by atoms with van der Waals surface area (Å²) in [5.74, 6) is 3.30. The maximum Gasteiger partial charge on any atom is 0.136 e. The van der Waals surface area contributed by atoms with Crippen molar-refractivity contribution in [1.29, 1.82) is 0 Å². The second kappa shape index (κ2) is 5.48. The highest BCUT2D eigenvalue weighted by atomic mass is 15.2. The van der Waals surface area contributed by atoms with Crippen LogP contribution < -0.4 is 10.6 Å². The van der Waals surface area contributed by atoms with Crippen molar-refractivity contribution >= 4 is 11.6 Å². The Balaban J connectivity index is 1.62. The molecule has 20 heavy (non-hydrogen) atoms. The summed E-state index contributed by atoms with van der Waals surface area (Å²) in [4.78, 5) is 9.10. The molecule has 2 aromatic heterocycles. The second-order valence-electron chi connectivity index (χ2n) is 5.22. The Kier molecular flexibility index (Phi) is 3.54. The molecule has 0 bridgehead atoms. The summed E-state index contributed by atoms with van der Waals surface area (Å²) in [5, 5.41) is 10.6. The van der Waals surface area contributed by atoms with Gasteiger partial charge in [0.15, 0.2) is 0 Å². The molecule has 0 atom stereocenters. The largest absolute Gasteiger partial charge is 0.373 e. The molecule has 0 saturated heterocycles. The summed E-state index contributed by atoms with van der Waals surface area (Å²) in [6, 6.07) is 1.95. The van der Waals surface area contributed by atoms with Crippen molar-refractivity contribution in [3.8, 4) is 0 Å². The molecule has 1 aliphatic rings. The van der Waals surface area contributed by atoms with E-state index in [0.717, 1.165) is 30.4 Å². The van der Waals surface area contributed by atoms with Gasteiger partial charge in [0, 0.05) is 38.8 Å². The molecule has 1 fully saturated rings. The van der Waals surface area contributed by atoms with Gasteiger partial charge in [0.25, 0.3) is 0 Å². The molecule has 0 amide bonds. The van der Waals surface area contributed by atoms with Crippen LogP contribution in [-0.2, 0) is 13.5 Å². The summed E-state index contributed by atoms with van der Waals surface area (Å²) < 4.78 is 1.82. The fourth-order valence-corrected chi connectivity index (χ4v) is 2.14. The van der Waals surface area contributed by atoms with E-state index in [1.54, 1.807) is 0 Å². The number of hydrogen-bond acceptors (Lipinski definition) is 5. The molecule has 0 radical (unpaired) electrons. The summed E-state index contributed by atoms with van der Waals surface area (Å²) in [6.07, 6.45) is 7.29. The maximum atomic E-state index is 4.60.